The summed E-state index contributed by atoms with van der Waals surface area (Å²) in [6.07, 6.45) is -4.60. The van der Waals surface area contributed by atoms with Crippen LogP contribution in [0.15, 0.2) is 65.5 Å². The van der Waals surface area contributed by atoms with Gasteiger partial charge < -0.3 is 9.87 Å². The molecule has 2 aromatic carbocycles. The molecule has 0 bridgehead atoms. The van der Waals surface area contributed by atoms with Gasteiger partial charge in [-0.2, -0.15) is 13.2 Å². The van der Waals surface area contributed by atoms with Crippen LogP contribution in [0, 0.1) is 0 Å². The Kier molecular flexibility index (Phi) is 7.72. The number of nitrogens with zero attached hydrogens (tertiary/aromatic N) is 1. The van der Waals surface area contributed by atoms with Crippen molar-refractivity contribution in [3.8, 4) is 5.69 Å². The zero-order valence-electron chi connectivity index (χ0n) is 16.9. The monoisotopic (exact) mass is 497 g/mol. The lowest BCUT2D eigenvalue weighted by molar-refractivity contribution is -0.137. The van der Waals surface area contributed by atoms with E-state index in [4.69, 9.17) is 11.6 Å². The average molecular weight is 498 g/mol. The molecule has 0 fully saturated rings. The highest BCUT2D eigenvalue weighted by atomic mass is 35.5. The largest absolute Gasteiger partial charge is 0.772 e. The molecule has 1 atom stereocenters. The first-order valence-corrected chi connectivity index (χ1v) is 11.3. The van der Waals surface area contributed by atoms with Crippen molar-refractivity contribution in [1.82, 2.24) is 9.88 Å². The van der Waals surface area contributed by atoms with Crippen LogP contribution in [0.3, 0.4) is 0 Å². The minimum absolute atomic E-state index is 0.0554. The molecule has 0 spiro atoms. The van der Waals surface area contributed by atoms with Crippen molar-refractivity contribution >= 4 is 28.6 Å². The van der Waals surface area contributed by atoms with E-state index in [0.29, 0.717) is 11.1 Å². The lowest BCUT2D eigenvalue weighted by atomic mass is 10.1. The van der Waals surface area contributed by atoms with Crippen molar-refractivity contribution in [3.63, 3.8) is 0 Å². The predicted molar refractivity (Wildman–Crippen MR) is 117 cm³/mol. The molecule has 1 heterocycles. The molecule has 174 valence electrons. The van der Waals surface area contributed by atoms with Gasteiger partial charge in [0.05, 0.1) is 11.4 Å². The molecule has 3 aromatic rings. The summed E-state index contributed by atoms with van der Waals surface area (Å²) in [6.45, 7) is 0.0554. The van der Waals surface area contributed by atoms with Crippen molar-refractivity contribution in [2.75, 3.05) is 0 Å². The van der Waals surface area contributed by atoms with Crippen molar-refractivity contribution in [2.24, 2.45) is 0 Å². The van der Waals surface area contributed by atoms with Crippen LogP contribution in [0.4, 0.5) is 13.2 Å². The summed E-state index contributed by atoms with van der Waals surface area (Å²) in [5, 5.41) is 2.58. The van der Waals surface area contributed by atoms with E-state index < -0.39 is 34.3 Å². The van der Waals surface area contributed by atoms with Gasteiger partial charge in [-0.3, -0.25) is 18.4 Å². The molecule has 1 aromatic heterocycles. The van der Waals surface area contributed by atoms with Gasteiger partial charge in [-0.1, -0.05) is 41.4 Å². The molecule has 3 rings (SSSR count). The lowest BCUT2D eigenvalue weighted by Gasteiger charge is -2.15. The molecular weight excluding hydrogens is 481 g/mol. The van der Waals surface area contributed by atoms with Crippen LogP contribution in [-0.4, -0.2) is 19.2 Å². The second-order valence-electron chi connectivity index (χ2n) is 7.01. The van der Waals surface area contributed by atoms with Crippen molar-refractivity contribution < 1.29 is 26.7 Å². The number of carbonyl (C=O) groups is 1. The van der Waals surface area contributed by atoms with E-state index in [0.717, 1.165) is 16.7 Å². The summed E-state index contributed by atoms with van der Waals surface area (Å²) in [6, 6.07) is 13.3. The maximum Gasteiger partial charge on any atom is 0.416 e. The number of carbonyl (C=O) groups excluding carboxylic acids is 1. The van der Waals surface area contributed by atoms with Crippen molar-refractivity contribution in [3.05, 3.63) is 99.0 Å². The fraction of sp³-hybridized carbons (Fsp3) is 0.182. The van der Waals surface area contributed by atoms with Crippen molar-refractivity contribution in [1.29, 1.82) is 0 Å². The molecule has 1 N–H and O–H groups in total. The number of hydrogen-bond acceptors (Lipinski definition) is 4. The first-order valence-electron chi connectivity index (χ1n) is 9.50. The zero-order chi connectivity index (χ0) is 24.2. The lowest BCUT2D eigenvalue weighted by Crippen LogP contribution is -2.33. The predicted octanol–water partition coefficient (Wildman–Crippen LogP) is 3.90. The van der Waals surface area contributed by atoms with E-state index in [1.54, 1.807) is 24.3 Å². The number of hydrogen-bond donors (Lipinski definition) is 1. The van der Waals surface area contributed by atoms with Gasteiger partial charge in [0.2, 0.25) is 0 Å². The summed E-state index contributed by atoms with van der Waals surface area (Å²) in [5.41, 5.74) is -0.599. The molecule has 0 aliphatic carbocycles. The molecular formula is C22H17ClF3N2O4S-. The van der Waals surface area contributed by atoms with E-state index >= 15 is 0 Å². The normalized spacial score (nSPS) is 12.4. The first kappa shape index (κ1) is 24.7. The Morgan fingerprint density at radius 1 is 1.06 bits per heavy atom. The van der Waals surface area contributed by atoms with Crippen LogP contribution in [0.2, 0.25) is 0 Å². The third kappa shape index (κ3) is 6.10. The number of aromatic nitrogens is 1. The Balaban J connectivity index is 1.87. The van der Waals surface area contributed by atoms with Crippen LogP contribution in [0.5, 0.6) is 0 Å². The Morgan fingerprint density at radius 3 is 2.33 bits per heavy atom. The molecule has 11 heteroatoms. The molecule has 0 saturated heterocycles. The standard InChI is InChI=1S/C22H18ClF3N2O4S/c23-11-18-8-9-19(20(29)27-12-14-4-6-15(7-5-14)13-33(31)32)21(30)28(18)17-3-1-2-16(10-17)22(24,25)26/h1-10H,11-13H2,(H,27,29)(H,31,32)/p-1. The number of halogens is 4. The number of amides is 1. The molecule has 1 amide bonds. The quantitative estimate of drug-likeness (QED) is 0.396. The molecule has 0 aliphatic heterocycles. The van der Waals surface area contributed by atoms with Gasteiger partial charge in [-0.15, -0.1) is 11.6 Å². The van der Waals surface area contributed by atoms with Gasteiger partial charge in [0.25, 0.3) is 11.5 Å². The molecule has 6 nitrogen and oxygen atoms in total. The number of benzene rings is 2. The van der Waals surface area contributed by atoms with E-state index in [1.165, 1.54) is 24.3 Å². The third-order valence-electron chi connectivity index (χ3n) is 4.74. The Morgan fingerprint density at radius 2 is 1.73 bits per heavy atom. The minimum Gasteiger partial charge on any atom is -0.772 e. The van der Waals surface area contributed by atoms with Gasteiger partial charge in [0.1, 0.15) is 5.56 Å². The third-order valence-corrected chi connectivity index (χ3v) is 5.58. The Labute approximate surface area is 194 Å². The second-order valence-corrected chi connectivity index (χ2v) is 8.17. The van der Waals surface area contributed by atoms with Crippen LogP contribution in [0.1, 0.15) is 32.7 Å². The van der Waals surface area contributed by atoms with Gasteiger partial charge in [-0.05, 0) is 41.5 Å². The van der Waals surface area contributed by atoms with Gasteiger partial charge >= 0.3 is 6.18 Å². The fourth-order valence-corrected chi connectivity index (χ4v) is 3.80. The first-order chi connectivity index (χ1) is 15.6. The summed E-state index contributed by atoms with van der Waals surface area (Å²) < 4.78 is 61.8. The number of alkyl halides is 4. The molecule has 0 aliphatic rings. The van der Waals surface area contributed by atoms with Crippen LogP contribution >= 0.6 is 11.6 Å². The highest BCUT2D eigenvalue weighted by Crippen LogP contribution is 2.30. The van der Waals surface area contributed by atoms with Crippen LogP contribution in [-0.2, 0) is 35.4 Å². The van der Waals surface area contributed by atoms with Gasteiger partial charge in [0, 0.05) is 23.7 Å². The molecule has 0 saturated carbocycles. The summed E-state index contributed by atoms with van der Waals surface area (Å²) in [4.78, 5) is 25.7. The minimum atomic E-state index is -4.60. The average Bonchev–Trinajstić information content (AvgIpc) is 2.77. The van der Waals surface area contributed by atoms with E-state index in [1.807, 2.05) is 0 Å². The topological polar surface area (TPSA) is 91.2 Å². The zero-order valence-corrected chi connectivity index (χ0v) is 18.5. The maximum atomic E-state index is 13.1. The molecule has 1 unspecified atom stereocenters. The number of rotatable bonds is 7. The highest BCUT2D eigenvalue weighted by molar-refractivity contribution is 7.78. The molecule has 0 radical (unpaired) electrons. The van der Waals surface area contributed by atoms with E-state index in [9.17, 15) is 31.5 Å². The number of pyridine rings is 1. The summed E-state index contributed by atoms with van der Waals surface area (Å²) in [5.74, 6) is -1.01. The van der Waals surface area contributed by atoms with E-state index in [-0.39, 0.29) is 35.1 Å². The summed E-state index contributed by atoms with van der Waals surface area (Å²) >= 11 is 3.66. The SMILES string of the molecule is O=C(NCc1ccc(CS(=O)[O-])cc1)c1ccc(CCl)n(-c2cccc(C(F)(F)F)c2)c1=O. The fourth-order valence-electron chi connectivity index (χ4n) is 3.12. The maximum absolute atomic E-state index is 13.1. The van der Waals surface area contributed by atoms with Crippen molar-refractivity contribution in [2.45, 2.75) is 24.4 Å². The molecule has 33 heavy (non-hydrogen) atoms. The summed E-state index contributed by atoms with van der Waals surface area (Å²) in [7, 11) is 0. The Hall–Kier alpha value is -2.95. The van der Waals surface area contributed by atoms with Crippen LogP contribution < -0.4 is 10.9 Å². The Bertz CT molecular complexity index is 1240. The van der Waals surface area contributed by atoms with E-state index in [2.05, 4.69) is 5.32 Å². The second kappa shape index (κ2) is 10.3. The smallest absolute Gasteiger partial charge is 0.416 e. The van der Waals surface area contributed by atoms with Gasteiger partial charge in [-0.25, -0.2) is 0 Å². The highest BCUT2D eigenvalue weighted by Gasteiger charge is 2.30. The number of nitrogens with one attached hydrogen (secondary N) is 1. The van der Waals surface area contributed by atoms with Crippen LogP contribution in [0.25, 0.3) is 5.69 Å². The van der Waals surface area contributed by atoms with Gasteiger partial charge in [0.15, 0.2) is 0 Å².